The summed E-state index contributed by atoms with van der Waals surface area (Å²) in [4.78, 5) is 13.8. The van der Waals surface area contributed by atoms with Crippen LogP contribution in [-0.4, -0.2) is 41.7 Å². The van der Waals surface area contributed by atoms with Gasteiger partial charge in [0.05, 0.1) is 13.2 Å². The molecule has 5 heteroatoms. The first kappa shape index (κ1) is 16.1. The minimum absolute atomic E-state index is 0.00803. The number of halogens is 1. The van der Waals surface area contributed by atoms with E-state index in [2.05, 4.69) is 21.2 Å². The summed E-state index contributed by atoms with van der Waals surface area (Å²) in [6.45, 7) is 5.98. The summed E-state index contributed by atoms with van der Waals surface area (Å²) < 4.78 is 0.988. The molecule has 19 heavy (non-hydrogen) atoms. The summed E-state index contributed by atoms with van der Waals surface area (Å²) in [5, 5.41) is 12.1. The molecule has 0 saturated carbocycles. The number of rotatable bonds is 5. The molecular weight excluding hydrogens is 308 g/mol. The highest BCUT2D eigenvalue weighted by Crippen LogP contribution is 2.20. The largest absolute Gasteiger partial charge is 0.394 e. The van der Waals surface area contributed by atoms with Crippen LogP contribution in [0.2, 0.25) is 0 Å². The van der Waals surface area contributed by atoms with E-state index in [0.29, 0.717) is 0 Å². The number of aliphatic hydroxyl groups is 1. The Morgan fingerprint density at radius 3 is 2.63 bits per heavy atom. The average molecular weight is 329 g/mol. The van der Waals surface area contributed by atoms with Crippen LogP contribution in [0.15, 0.2) is 22.7 Å². The Labute approximate surface area is 122 Å². The number of anilines is 1. The van der Waals surface area contributed by atoms with E-state index in [1.54, 1.807) is 0 Å². The monoisotopic (exact) mass is 328 g/mol. The van der Waals surface area contributed by atoms with Gasteiger partial charge in [-0.1, -0.05) is 15.9 Å². The highest BCUT2D eigenvalue weighted by Gasteiger charge is 2.24. The van der Waals surface area contributed by atoms with Crippen LogP contribution in [0.4, 0.5) is 5.69 Å². The molecule has 106 valence electrons. The summed E-state index contributed by atoms with van der Waals surface area (Å²) in [5.74, 6) is -0.0885. The highest BCUT2D eigenvalue weighted by molar-refractivity contribution is 9.10. The van der Waals surface area contributed by atoms with Crippen LogP contribution < -0.4 is 5.32 Å². The molecule has 2 N–H and O–H groups in total. The lowest BCUT2D eigenvalue weighted by molar-refractivity contribution is -0.118. The molecule has 0 aliphatic heterocycles. The molecule has 0 aliphatic rings. The van der Waals surface area contributed by atoms with Crippen LogP contribution >= 0.6 is 15.9 Å². The summed E-state index contributed by atoms with van der Waals surface area (Å²) >= 11 is 3.39. The molecule has 0 unspecified atom stereocenters. The maximum atomic E-state index is 12.0. The lowest BCUT2D eigenvalue weighted by Crippen LogP contribution is -2.47. The second-order valence-electron chi connectivity index (χ2n) is 5.33. The van der Waals surface area contributed by atoms with Crippen LogP contribution in [-0.2, 0) is 4.79 Å². The van der Waals surface area contributed by atoms with Crippen molar-refractivity contribution < 1.29 is 9.90 Å². The van der Waals surface area contributed by atoms with Gasteiger partial charge >= 0.3 is 0 Å². The fourth-order valence-electron chi connectivity index (χ4n) is 1.51. The lowest BCUT2D eigenvalue weighted by atomic mass is 10.1. The molecule has 0 atom stereocenters. The third kappa shape index (κ3) is 4.60. The number of nitrogens with zero attached hydrogens (tertiary/aromatic N) is 1. The van der Waals surface area contributed by atoms with Gasteiger partial charge in [0.1, 0.15) is 0 Å². The Kier molecular flexibility index (Phi) is 5.52. The zero-order valence-electron chi connectivity index (χ0n) is 11.8. The Hall–Kier alpha value is -0.910. The quantitative estimate of drug-likeness (QED) is 0.872. The fraction of sp³-hybridized carbons (Fsp3) is 0.500. The molecule has 0 radical (unpaired) electrons. The summed E-state index contributed by atoms with van der Waals surface area (Å²) in [7, 11) is 1.82. The van der Waals surface area contributed by atoms with Gasteiger partial charge in [-0.15, -0.1) is 0 Å². The van der Waals surface area contributed by atoms with Crippen molar-refractivity contribution in [2.75, 3.05) is 25.5 Å². The van der Waals surface area contributed by atoms with Crippen molar-refractivity contribution in [3.05, 3.63) is 28.2 Å². The first-order valence-electron chi connectivity index (χ1n) is 6.14. The lowest BCUT2D eigenvalue weighted by Gasteiger charge is -2.33. The molecule has 0 spiro atoms. The number of hydrogen-bond acceptors (Lipinski definition) is 3. The van der Waals surface area contributed by atoms with E-state index < -0.39 is 5.54 Å². The smallest absolute Gasteiger partial charge is 0.238 e. The number of carbonyl (C=O) groups is 1. The summed E-state index contributed by atoms with van der Waals surface area (Å²) in [6, 6.07) is 5.72. The van der Waals surface area contributed by atoms with Crippen LogP contribution in [0.5, 0.6) is 0 Å². The van der Waals surface area contributed by atoms with Crippen LogP contribution in [0, 0.1) is 6.92 Å². The highest BCUT2D eigenvalue weighted by atomic mass is 79.9. The summed E-state index contributed by atoms with van der Waals surface area (Å²) in [5.41, 5.74) is 1.40. The zero-order valence-corrected chi connectivity index (χ0v) is 13.4. The average Bonchev–Trinajstić information content (AvgIpc) is 2.32. The fourth-order valence-corrected chi connectivity index (χ4v) is 1.98. The second-order valence-corrected chi connectivity index (χ2v) is 6.25. The SMILES string of the molecule is Cc1cc(Br)ccc1NC(=O)CN(C)C(C)(C)CO. The van der Waals surface area contributed by atoms with Crippen molar-refractivity contribution in [2.24, 2.45) is 0 Å². The number of amides is 1. The van der Waals surface area contributed by atoms with Crippen molar-refractivity contribution >= 4 is 27.5 Å². The molecule has 1 rings (SSSR count). The molecule has 0 heterocycles. The molecule has 0 fully saturated rings. The van der Waals surface area contributed by atoms with E-state index in [-0.39, 0.29) is 19.1 Å². The molecule has 4 nitrogen and oxygen atoms in total. The van der Waals surface area contributed by atoms with E-state index in [1.807, 2.05) is 50.9 Å². The van der Waals surface area contributed by atoms with Crippen LogP contribution in [0.3, 0.4) is 0 Å². The first-order chi connectivity index (χ1) is 8.76. The number of nitrogens with one attached hydrogen (secondary N) is 1. The Morgan fingerprint density at radius 1 is 1.47 bits per heavy atom. The third-order valence-electron chi connectivity index (χ3n) is 3.26. The molecular formula is C14H21BrN2O2. The minimum Gasteiger partial charge on any atom is -0.394 e. The van der Waals surface area contributed by atoms with Crippen molar-refractivity contribution in [1.82, 2.24) is 4.90 Å². The van der Waals surface area contributed by atoms with Gasteiger partial charge in [-0.05, 0) is 51.6 Å². The van der Waals surface area contributed by atoms with Gasteiger partial charge in [0.15, 0.2) is 0 Å². The maximum Gasteiger partial charge on any atom is 0.238 e. The zero-order chi connectivity index (χ0) is 14.6. The van der Waals surface area contributed by atoms with Gasteiger partial charge < -0.3 is 10.4 Å². The number of carbonyl (C=O) groups excluding carboxylic acids is 1. The van der Waals surface area contributed by atoms with E-state index >= 15 is 0 Å². The molecule has 1 aromatic carbocycles. The number of benzene rings is 1. The van der Waals surface area contributed by atoms with Crippen molar-refractivity contribution in [3.8, 4) is 0 Å². The predicted octanol–water partition coefficient (Wildman–Crippen LogP) is 2.40. The topological polar surface area (TPSA) is 52.6 Å². The standard InChI is InChI=1S/C14H21BrN2O2/c1-10-7-11(15)5-6-12(10)16-13(19)8-17(4)14(2,3)9-18/h5-7,18H,8-9H2,1-4H3,(H,16,19). The number of likely N-dealkylation sites (N-methyl/N-ethyl adjacent to an activating group) is 1. The van der Waals surface area contributed by atoms with E-state index in [9.17, 15) is 9.90 Å². The molecule has 0 saturated heterocycles. The summed E-state index contributed by atoms with van der Waals surface area (Å²) in [6.07, 6.45) is 0. The number of aliphatic hydroxyl groups excluding tert-OH is 1. The Balaban J connectivity index is 2.65. The van der Waals surface area contributed by atoms with Crippen molar-refractivity contribution in [2.45, 2.75) is 26.3 Å². The maximum absolute atomic E-state index is 12.0. The van der Waals surface area contributed by atoms with Crippen molar-refractivity contribution in [3.63, 3.8) is 0 Å². The second kappa shape index (κ2) is 6.50. The van der Waals surface area contributed by atoms with Crippen LogP contribution in [0.1, 0.15) is 19.4 Å². The van der Waals surface area contributed by atoms with Gasteiger partial charge in [-0.25, -0.2) is 0 Å². The normalized spacial score (nSPS) is 11.7. The molecule has 0 bridgehead atoms. The molecule has 1 aromatic rings. The minimum atomic E-state index is -0.411. The van der Waals surface area contributed by atoms with Crippen molar-refractivity contribution in [1.29, 1.82) is 0 Å². The van der Waals surface area contributed by atoms with E-state index in [4.69, 9.17) is 0 Å². The first-order valence-corrected chi connectivity index (χ1v) is 6.93. The van der Waals surface area contributed by atoms with Gasteiger partial charge in [0.25, 0.3) is 0 Å². The van der Waals surface area contributed by atoms with Gasteiger partial charge in [-0.2, -0.15) is 0 Å². The van der Waals surface area contributed by atoms with Crippen LogP contribution in [0.25, 0.3) is 0 Å². The molecule has 1 amide bonds. The van der Waals surface area contributed by atoms with Gasteiger partial charge in [0.2, 0.25) is 5.91 Å². The van der Waals surface area contributed by atoms with E-state index in [0.717, 1.165) is 15.7 Å². The molecule has 0 aromatic heterocycles. The number of aryl methyl sites for hydroxylation is 1. The Morgan fingerprint density at radius 2 is 2.11 bits per heavy atom. The molecule has 0 aliphatic carbocycles. The van der Waals surface area contributed by atoms with Gasteiger partial charge in [0, 0.05) is 15.7 Å². The van der Waals surface area contributed by atoms with E-state index in [1.165, 1.54) is 0 Å². The third-order valence-corrected chi connectivity index (χ3v) is 3.76. The van der Waals surface area contributed by atoms with Gasteiger partial charge in [-0.3, -0.25) is 9.69 Å². The number of hydrogen-bond donors (Lipinski definition) is 2. The predicted molar refractivity (Wildman–Crippen MR) is 81.3 cm³/mol. The Bertz CT molecular complexity index is 461.